The fourth-order valence-corrected chi connectivity index (χ4v) is 2.97. The summed E-state index contributed by atoms with van der Waals surface area (Å²) in [6.07, 6.45) is 1.65. The normalized spacial score (nSPS) is 13.4. The lowest BCUT2D eigenvalue weighted by molar-refractivity contribution is 0.377. The summed E-state index contributed by atoms with van der Waals surface area (Å²) in [5.74, 6) is 0. The quantitative estimate of drug-likeness (QED) is 0.707. The van der Waals surface area contributed by atoms with E-state index in [1.807, 2.05) is 37.3 Å². The van der Waals surface area contributed by atoms with Crippen LogP contribution in [-0.2, 0) is 11.3 Å². The maximum Gasteiger partial charge on any atom is 0.249 e. The zero-order valence-corrected chi connectivity index (χ0v) is 15.3. The second-order valence-electron chi connectivity index (χ2n) is 5.50. The van der Waals surface area contributed by atoms with Gasteiger partial charge in [-0.15, -0.1) is 12.4 Å². The van der Waals surface area contributed by atoms with Crippen molar-refractivity contribution < 1.29 is 8.76 Å². The molecule has 0 aliphatic heterocycles. The van der Waals surface area contributed by atoms with Gasteiger partial charge in [0, 0.05) is 35.0 Å². The van der Waals surface area contributed by atoms with Crippen LogP contribution in [0.25, 0.3) is 22.2 Å². The Morgan fingerprint density at radius 3 is 2.48 bits per heavy atom. The van der Waals surface area contributed by atoms with Gasteiger partial charge in [0.2, 0.25) is 5.56 Å². The highest BCUT2D eigenvalue weighted by molar-refractivity contribution is 7.76. The molecule has 3 rings (SSSR count). The van der Waals surface area contributed by atoms with Crippen molar-refractivity contribution in [1.82, 2.24) is 14.3 Å². The van der Waals surface area contributed by atoms with E-state index in [1.165, 1.54) is 17.4 Å². The maximum absolute atomic E-state index is 11.4. The molecule has 0 spiro atoms. The zero-order chi connectivity index (χ0) is 17.3. The molecule has 0 saturated heterocycles. The molecule has 0 aliphatic rings. The molecule has 0 amide bonds. The predicted octanol–water partition coefficient (Wildman–Crippen LogP) is 2.80. The third kappa shape index (κ3) is 3.96. The Morgan fingerprint density at radius 2 is 1.84 bits per heavy atom. The van der Waals surface area contributed by atoms with Gasteiger partial charge >= 0.3 is 0 Å². The molecule has 3 aromatic rings. The number of aromatic amines is 1. The first kappa shape index (κ1) is 19.3. The molecule has 25 heavy (non-hydrogen) atoms. The SMILES string of the molecule is CC(c1ccc(-c2ccnc3[nH]c(=O)ccc23)cc1)N(C)S(=O)[O-].Cl. The zero-order valence-electron chi connectivity index (χ0n) is 13.6. The molecule has 2 heterocycles. The Morgan fingerprint density at radius 1 is 1.16 bits per heavy atom. The number of H-pyrrole nitrogens is 1. The predicted molar refractivity (Wildman–Crippen MR) is 100 cm³/mol. The van der Waals surface area contributed by atoms with E-state index < -0.39 is 11.3 Å². The van der Waals surface area contributed by atoms with Gasteiger partial charge in [0.05, 0.1) is 0 Å². The van der Waals surface area contributed by atoms with Gasteiger partial charge in [-0.25, -0.2) is 9.29 Å². The van der Waals surface area contributed by atoms with Crippen molar-refractivity contribution in [2.75, 3.05) is 7.05 Å². The van der Waals surface area contributed by atoms with Crippen molar-refractivity contribution in [1.29, 1.82) is 0 Å². The van der Waals surface area contributed by atoms with Crippen molar-refractivity contribution in [2.24, 2.45) is 0 Å². The number of benzene rings is 1. The van der Waals surface area contributed by atoms with Gasteiger partial charge in [0.25, 0.3) is 0 Å². The summed E-state index contributed by atoms with van der Waals surface area (Å²) in [4.78, 5) is 18.3. The average Bonchev–Trinajstić information content (AvgIpc) is 2.59. The molecule has 2 atom stereocenters. The number of nitrogens with zero attached hydrogens (tertiary/aromatic N) is 2. The Balaban J connectivity index is 0.00000225. The van der Waals surface area contributed by atoms with Crippen LogP contribution in [-0.4, -0.2) is 30.1 Å². The van der Waals surface area contributed by atoms with Gasteiger partial charge in [-0.3, -0.25) is 9.00 Å². The summed E-state index contributed by atoms with van der Waals surface area (Å²) in [7, 11) is 1.54. The van der Waals surface area contributed by atoms with E-state index in [1.54, 1.807) is 12.3 Å². The van der Waals surface area contributed by atoms with E-state index in [0.29, 0.717) is 5.65 Å². The van der Waals surface area contributed by atoms with E-state index in [4.69, 9.17) is 0 Å². The van der Waals surface area contributed by atoms with E-state index in [2.05, 4.69) is 9.97 Å². The standard InChI is InChI=1S/C17H17N3O3S.ClH/c1-11(20(2)24(22)23)12-3-5-13(6-4-12)14-9-10-18-17-15(14)7-8-16(21)19-17;/h3-11H,1-2H3,(H,22,23)(H,18,19,21);1H/p-1. The van der Waals surface area contributed by atoms with Gasteiger partial charge in [-0.1, -0.05) is 24.3 Å². The van der Waals surface area contributed by atoms with Crippen molar-refractivity contribution in [3.05, 3.63) is 64.6 Å². The first-order valence-corrected chi connectivity index (χ1v) is 8.41. The lowest BCUT2D eigenvalue weighted by Gasteiger charge is -2.26. The number of hydrogen-bond donors (Lipinski definition) is 1. The summed E-state index contributed by atoms with van der Waals surface area (Å²) < 4.78 is 23.4. The fourth-order valence-electron chi connectivity index (χ4n) is 2.59. The number of nitrogens with one attached hydrogen (secondary N) is 1. The van der Waals surface area contributed by atoms with Gasteiger partial charge < -0.3 is 9.54 Å². The maximum atomic E-state index is 11.4. The van der Waals surface area contributed by atoms with Crippen molar-refractivity contribution >= 4 is 34.7 Å². The van der Waals surface area contributed by atoms with Crippen LogP contribution in [0, 0.1) is 0 Å². The first-order chi connectivity index (χ1) is 11.5. The minimum Gasteiger partial charge on any atom is -0.760 e. The molecule has 0 fully saturated rings. The van der Waals surface area contributed by atoms with Crippen molar-refractivity contribution in [3.8, 4) is 11.1 Å². The molecule has 0 bridgehead atoms. The fraction of sp³-hybridized carbons (Fsp3) is 0.176. The Bertz CT molecular complexity index is 959. The Labute approximate surface area is 153 Å². The highest BCUT2D eigenvalue weighted by Gasteiger charge is 2.12. The molecular formula is C17H17ClN3O3S-. The monoisotopic (exact) mass is 378 g/mol. The summed E-state index contributed by atoms with van der Waals surface area (Å²) >= 11 is -2.26. The second-order valence-corrected chi connectivity index (χ2v) is 6.51. The Kier molecular flexibility index (Phi) is 6.07. The van der Waals surface area contributed by atoms with Gasteiger partial charge in [-0.05, 0) is 42.8 Å². The Hall–Kier alpha value is -2.06. The number of fused-ring (bicyclic) bond motifs is 1. The smallest absolute Gasteiger partial charge is 0.249 e. The number of aromatic nitrogens is 2. The average molecular weight is 379 g/mol. The van der Waals surface area contributed by atoms with E-state index >= 15 is 0 Å². The number of halogens is 1. The van der Waals surface area contributed by atoms with Crippen LogP contribution in [0.1, 0.15) is 18.5 Å². The highest BCUT2D eigenvalue weighted by Crippen LogP contribution is 2.28. The summed E-state index contributed by atoms with van der Waals surface area (Å²) in [6.45, 7) is 1.83. The van der Waals surface area contributed by atoms with Crippen LogP contribution in [0.5, 0.6) is 0 Å². The molecule has 132 valence electrons. The lowest BCUT2D eigenvalue weighted by Crippen LogP contribution is -2.24. The second kappa shape index (κ2) is 7.88. The van der Waals surface area contributed by atoms with Crippen LogP contribution in [0.3, 0.4) is 0 Å². The van der Waals surface area contributed by atoms with Crippen LogP contribution < -0.4 is 5.56 Å². The van der Waals surface area contributed by atoms with Gasteiger partial charge in [0.1, 0.15) is 5.65 Å². The highest BCUT2D eigenvalue weighted by atomic mass is 35.5. The molecule has 0 saturated carbocycles. The summed E-state index contributed by atoms with van der Waals surface area (Å²) in [6, 6.07) is 12.5. The lowest BCUT2D eigenvalue weighted by atomic mass is 10.00. The van der Waals surface area contributed by atoms with Crippen LogP contribution >= 0.6 is 12.4 Å². The molecule has 8 heteroatoms. The molecule has 2 unspecified atom stereocenters. The van der Waals surface area contributed by atoms with E-state index in [9.17, 15) is 13.6 Å². The minimum absolute atomic E-state index is 0. The largest absolute Gasteiger partial charge is 0.760 e. The number of hydrogen-bond acceptors (Lipinski definition) is 4. The molecule has 1 aromatic carbocycles. The summed E-state index contributed by atoms with van der Waals surface area (Å²) in [5.41, 5.74) is 3.17. The first-order valence-electron chi connectivity index (χ1n) is 7.38. The van der Waals surface area contributed by atoms with Crippen molar-refractivity contribution in [3.63, 3.8) is 0 Å². The van der Waals surface area contributed by atoms with E-state index in [-0.39, 0.29) is 24.0 Å². The third-order valence-electron chi connectivity index (χ3n) is 4.12. The molecule has 0 aliphatic carbocycles. The molecular weight excluding hydrogens is 362 g/mol. The minimum atomic E-state index is -2.26. The van der Waals surface area contributed by atoms with Crippen LogP contribution in [0.2, 0.25) is 0 Å². The topological polar surface area (TPSA) is 89.1 Å². The number of pyridine rings is 2. The van der Waals surface area contributed by atoms with E-state index in [0.717, 1.165) is 22.1 Å². The van der Waals surface area contributed by atoms with Crippen LogP contribution in [0.4, 0.5) is 0 Å². The molecule has 1 N–H and O–H groups in total. The van der Waals surface area contributed by atoms with Crippen LogP contribution in [0.15, 0.2) is 53.5 Å². The molecule has 6 nitrogen and oxygen atoms in total. The third-order valence-corrected chi connectivity index (χ3v) is 4.90. The van der Waals surface area contributed by atoms with Gasteiger partial charge in [0.15, 0.2) is 0 Å². The number of rotatable bonds is 4. The van der Waals surface area contributed by atoms with Gasteiger partial charge in [-0.2, -0.15) is 0 Å². The van der Waals surface area contributed by atoms with Crippen molar-refractivity contribution in [2.45, 2.75) is 13.0 Å². The molecule has 0 radical (unpaired) electrons. The molecule has 2 aromatic heterocycles. The summed E-state index contributed by atoms with van der Waals surface area (Å²) in [5, 5.41) is 0.857.